The van der Waals surface area contributed by atoms with Crippen LogP contribution in [0.25, 0.3) is 0 Å². The number of likely N-dealkylation sites (tertiary alicyclic amines) is 1. The lowest BCUT2D eigenvalue weighted by Gasteiger charge is -2.39. The number of aliphatic hydroxyl groups excluding tert-OH is 1. The van der Waals surface area contributed by atoms with Crippen LogP contribution in [0.4, 0.5) is 0 Å². The van der Waals surface area contributed by atoms with E-state index >= 15 is 0 Å². The molecule has 2 heterocycles. The largest absolute Gasteiger partial charge is 0.393 e. The molecule has 2 rings (SSSR count). The summed E-state index contributed by atoms with van der Waals surface area (Å²) in [6.45, 7) is 7.05. The summed E-state index contributed by atoms with van der Waals surface area (Å²) < 4.78 is 5.59. The van der Waals surface area contributed by atoms with Crippen molar-refractivity contribution >= 4 is 0 Å². The van der Waals surface area contributed by atoms with Crippen LogP contribution in [0.3, 0.4) is 0 Å². The molecule has 0 amide bonds. The van der Waals surface area contributed by atoms with Gasteiger partial charge in [0.15, 0.2) is 0 Å². The third-order valence-electron chi connectivity index (χ3n) is 4.28. The van der Waals surface area contributed by atoms with E-state index in [9.17, 15) is 5.11 Å². The lowest BCUT2D eigenvalue weighted by molar-refractivity contribution is -0.00773. The summed E-state index contributed by atoms with van der Waals surface area (Å²) >= 11 is 0. The summed E-state index contributed by atoms with van der Waals surface area (Å²) in [5, 5.41) is 13.1. The van der Waals surface area contributed by atoms with Crippen molar-refractivity contribution in [2.24, 2.45) is 11.8 Å². The van der Waals surface area contributed by atoms with Crippen molar-refractivity contribution in [1.29, 1.82) is 0 Å². The predicted molar refractivity (Wildman–Crippen MR) is 68.0 cm³/mol. The number of piperidine rings is 1. The molecule has 0 saturated carbocycles. The van der Waals surface area contributed by atoms with Crippen molar-refractivity contribution in [3.8, 4) is 0 Å². The molecule has 0 bridgehead atoms. The molecule has 0 aromatic rings. The van der Waals surface area contributed by atoms with Gasteiger partial charge in [0, 0.05) is 38.2 Å². The van der Waals surface area contributed by atoms with E-state index in [2.05, 4.69) is 17.1 Å². The van der Waals surface area contributed by atoms with Crippen molar-refractivity contribution in [1.82, 2.24) is 10.2 Å². The Kier molecular flexibility index (Phi) is 4.79. The Morgan fingerprint density at radius 2 is 2.24 bits per heavy atom. The molecule has 17 heavy (non-hydrogen) atoms. The lowest BCUT2D eigenvalue weighted by Crippen LogP contribution is -2.50. The summed E-state index contributed by atoms with van der Waals surface area (Å²) in [5.74, 6) is 0.998. The lowest BCUT2D eigenvalue weighted by atomic mass is 9.92. The number of nitrogens with zero attached hydrogens (tertiary/aromatic N) is 1. The van der Waals surface area contributed by atoms with Crippen LogP contribution in [-0.2, 0) is 4.74 Å². The second kappa shape index (κ2) is 6.14. The molecule has 0 aromatic heterocycles. The number of ether oxygens (including phenoxy) is 1. The van der Waals surface area contributed by atoms with Crippen LogP contribution in [0.15, 0.2) is 0 Å². The van der Waals surface area contributed by atoms with E-state index < -0.39 is 0 Å². The van der Waals surface area contributed by atoms with Gasteiger partial charge in [0.1, 0.15) is 0 Å². The first-order valence-corrected chi connectivity index (χ1v) is 6.86. The molecule has 2 aliphatic heterocycles. The van der Waals surface area contributed by atoms with E-state index in [1.165, 1.54) is 0 Å². The number of hydrogen-bond donors (Lipinski definition) is 2. The third-order valence-corrected chi connectivity index (χ3v) is 4.28. The van der Waals surface area contributed by atoms with Crippen LogP contribution in [0.2, 0.25) is 0 Å². The van der Waals surface area contributed by atoms with Gasteiger partial charge in [-0.1, -0.05) is 6.92 Å². The van der Waals surface area contributed by atoms with Gasteiger partial charge in [0.2, 0.25) is 0 Å². The smallest absolute Gasteiger partial charge is 0.0590 e. The molecular weight excluding hydrogens is 216 g/mol. The van der Waals surface area contributed by atoms with Gasteiger partial charge >= 0.3 is 0 Å². The highest BCUT2D eigenvalue weighted by Gasteiger charge is 2.30. The van der Waals surface area contributed by atoms with E-state index in [0.29, 0.717) is 17.9 Å². The Balaban J connectivity index is 1.83. The van der Waals surface area contributed by atoms with Crippen molar-refractivity contribution in [3.05, 3.63) is 0 Å². The zero-order valence-electron chi connectivity index (χ0n) is 11.1. The van der Waals surface area contributed by atoms with Gasteiger partial charge in [0.25, 0.3) is 0 Å². The van der Waals surface area contributed by atoms with Crippen LogP contribution in [0.1, 0.15) is 19.8 Å². The highest BCUT2D eigenvalue weighted by molar-refractivity contribution is 4.84. The van der Waals surface area contributed by atoms with Gasteiger partial charge in [-0.2, -0.15) is 0 Å². The Hall–Kier alpha value is -0.160. The van der Waals surface area contributed by atoms with E-state index in [0.717, 1.165) is 45.7 Å². The summed E-state index contributed by atoms with van der Waals surface area (Å²) in [7, 11) is 2.05. The highest BCUT2D eigenvalue weighted by atomic mass is 16.5. The molecule has 0 radical (unpaired) electrons. The Morgan fingerprint density at radius 1 is 1.41 bits per heavy atom. The van der Waals surface area contributed by atoms with Crippen LogP contribution < -0.4 is 5.32 Å². The van der Waals surface area contributed by atoms with E-state index in [-0.39, 0.29) is 6.10 Å². The molecule has 2 aliphatic rings. The van der Waals surface area contributed by atoms with E-state index in [1.807, 2.05) is 7.05 Å². The van der Waals surface area contributed by atoms with Crippen molar-refractivity contribution < 1.29 is 9.84 Å². The van der Waals surface area contributed by atoms with Crippen LogP contribution in [-0.4, -0.2) is 62.0 Å². The van der Waals surface area contributed by atoms with Crippen molar-refractivity contribution in [2.75, 3.05) is 39.9 Å². The highest BCUT2D eigenvalue weighted by Crippen LogP contribution is 2.21. The fourth-order valence-corrected chi connectivity index (χ4v) is 3.07. The maximum atomic E-state index is 9.74. The second-order valence-corrected chi connectivity index (χ2v) is 5.61. The van der Waals surface area contributed by atoms with Crippen molar-refractivity contribution in [2.45, 2.75) is 31.9 Å². The average molecular weight is 242 g/mol. The Labute approximate surface area is 104 Å². The first-order valence-electron chi connectivity index (χ1n) is 6.86. The Bertz CT molecular complexity index is 237. The number of hydrogen-bond acceptors (Lipinski definition) is 4. The first kappa shape index (κ1) is 13.3. The monoisotopic (exact) mass is 242 g/mol. The van der Waals surface area contributed by atoms with Crippen LogP contribution in [0, 0.1) is 11.8 Å². The zero-order valence-corrected chi connectivity index (χ0v) is 11.1. The third kappa shape index (κ3) is 3.41. The summed E-state index contributed by atoms with van der Waals surface area (Å²) in [4.78, 5) is 2.49. The SMILES string of the molecule is CNC1CCOCC1CN1CCC(O)C(C)C1. The van der Waals surface area contributed by atoms with Gasteiger partial charge < -0.3 is 20.1 Å². The minimum absolute atomic E-state index is 0.103. The maximum Gasteiger partial charge on any atom is 0.0590 e. The first-order chi connectivity index (χ1) is 8.20. The topological polar surface area (TPSA) is 44.7 Å². The molecule has 2 saturated heterocycles. The van der Waals surface area contributed by atoms with Gasteiger partial charge in [-0.05, 0) is 25.8 Å². The summed E-state index contributed by atoms with van der Waals surface area (Å²) in [5.41, 5.74) is 0. The standard InChI is InChI=1S/C13H26N2O2/c1-10-7-15(5-3-13(10)16)8-11-9-17-6-4-12(11)14-2/h10-14,16H,3-9H2,1-2H3. The average Bonchev–Trinajstić information content (AvgIpc) is 2.34. The van der Waals surface area contributed by atoms with Gasteiger partial charge in [-0.15, -0.1) is 0 Å². The molecule has 2 N–H and O–H groups in total. The summed E-state index contributed by atoms with van der Waals surface area (Å²) in [6.07, 6.45) is 1.93. The normalized spacial score (nSPS) is 40.4. The van der Waals surface area contributed by atoms with Crippen molar-refractivity contribution in [3.63, 3.8) is 0 Å². The molecule has 0 aliphatic carbocycles. The van der Waals surface area contributed by atoms with Gasteiger partial charge in [0.05, 0.1) is 12.7 Å². The quantitative estimate of drug-likeness (QED) is 0.748. The molecule has 2 fully saturated rings. The molecule has 0 aromatic carbocycles. The minimum atomic E-state index is -0.103. The Morgan fingerprint density at radius 3 is 2.94 bits per heavy atom. The minimum Gasteiger partial charge on any atom is -0.393 e. The summed E-state index contributed by atoms with van der Waals surface area (Å²) in [6, 6.07) is 0.589. The van der Waals surface area contributed by atoms with Gasteiger partial charge in [-0.3, -0.25) is 0 Å². The fraction of sp³-hybridized carbons (Fsp3) is 1.00. The molecule has 4 nitrogen and oxygen atoms in total. The molecule has 100 valence electrons. The van der Waals surface area contributed by atoms with Gasteiger partial charge in [-0.25, -0.2) is 0 Å². The number of nitrogens with one attached hydrogen (secondary N) is 1. The molecule has 4 heteroatoms. The predicted octanol–water partition coefficient (Wildman–Crippen LogP) is 0.314. The van der Waals surface area contributed by atoms with Crippen LogP contribution in [0.5, 0.6) is 0 Å². The maximum absolute atomic E-state index is 9.74. The molecule has 0 spiro atoms. The van der Waals surface area contributed by atoms with E-state index in [1.54, 1.807) is 0 Å². The number of rotatable bonds is 3. The molecule has 4 atom stereocenters. The molecular formula is C13H26N2O2. The fourth-order valence-electron chi connectivity index (χ4n) is 3.07. The van der Waals surface area contributed by atoms with Crippen LogP contribution >= 0.6 is 0 Å². The van der Waals surface area contributed by atoms with E-state index in [4.69, 9.17) is 4.74 Å². The number of aliphatic hydroxyl groups is 1. The zero-order chi connectivity index (χ0) is 12.3. The molecule has 4 unspecified atom stereocenters. The second-order valence-electron chi connectivity index (χ2n) is 5.61.